The summed E-state index contributed by atoms with van der Waals surface area (Å²) in [5.41, 5.74) is 2.04. The Morgan fingerprint density at radius 2 is 2.31 bits per heavy atom. The second-order valence-corrected chi connectivity index (χ2v) is 7.76. The van der Waals surface area contributed by atoms with Gasteiger partial charge in [-0.25, -0.2) is 4.98 Å². The number of aromatic amines is 1. The molecule has 0 bridgehead atoms. The topological polar surface area (TPSA) is 94.5 Å². The van der Waals surface area contributed by atoms with Crippen LogP contribution in [0.5, 0.6) is 0 Å². The predicted molar refractivity (Wildman–Crippen MR) is 102 cm³/mol. The van der Waals surface area contributed by atoms with Gasteiger partial charge in [0.1, 0.15) is 0 Å². The molecule has 4 rings (SSSR count). The summed E-state index contributed by atoms with van der Waals surface area (Å²) in [7, 11) is 0. The number of carbonyl (C=O) groups excluding carboxylic acids is 1. The van der Waals surface area contributed by atoms with Crippen molar-refractivity contribution in [2.75, 3.05) is 5.32 Å². The van der Waals surface area contributed by atoms with Crippen LogP contribution in [0.3, 0.4) is 0 Å². The molecule has 26 heavy (non-hydrogen) atoms. The van der Waals surface area contributed by atoms with E-state index >= 15 is 0 Å². The Labute approximate surface area is 155 Å². The lowest BCUT2D eigenvalue weighted by Gasteiger charge is -2.09. The molecule has 0 radical (unpaired) electrons. The van der Waals surface area contributed by atoms with E-state index in [0.717, 1.165) is 47.0 Å². The highest BCUT2D eigenvalue weighted by Gasteiger charge is 2.30. The number of nitriles is 1. The maximum atomic E-state index is 12.5. The summed E-state index contributed by atoms with van der Waals surface area (Å²) in [4.78, 5) is 17.9. The van der Waals surface area contributed by atoms with Gasteiger partial charge in [0.05, 0.1) is 22.7 Å². The molecule has 1 aliphatic carbocycles. The molecular weight excluding hydrogens is 346 g/mol. The summed E-state index contributed by atoms with van der Waals surface area (Å²) in [6.07, 6.45) is 7.89. The van der Waals surface area contributed by atoms with Gasteiger partial charge in [-0.15, -0.1) is 0 Å². The first-order chi connectivity index (χ1) is 12.7. The molecule has 1 fully saturated rings. The molecule has 1 aliphatic rings. The zero-order chi connectivity index (χ0) is 17.9. The van der Waals surface area contributed by atoms with Gasteiger partial charge in [-0.1, -0.05) is 23.5 Å². The lowest BCUT2D eigenvalue weighted by molar-refractivity contribution is -0.119. The van der Waals surface area contributed by atoms with Crippen LogP contribution in [0.25, 0.3) is 21.3 Å². The van der Waals surface area contributed by atoms with Crippen molar-refractivity contribution in [3.8, 4) is 16.5 Å². The number of nitrogens with zero attached hydrogens (tertiary/aromatic N) is 3. The van der Waals surface area contributed by atoms with E-state index < -0.39 is 0 Å². The highest BCUT2D eigenvalue weighted by molar-refractivity contribution is 7.19. The molecule has 6 nitrogen and oxygen atoms in total. The van der Waals surface area contributed by atoms with Crippen molar-refractivity contribution in [1.29, 1.82) is 5.26 Å². The quantitative estimate of drug-likeness (QED) is 0.703. The second-order valence-electron chi connectivity index (χ2n) is 6.73. The van der Waals surface area contributed by atoms with Crippen LogP contribution in [0.1, 0.15) is 32.1 Å². The minimum Gasteiger partial charge on any atom is -0.302 e. The van der Waals surface area contributed by atoms with Crippen LogP contribution in [-0.2, 0) is 4.79 Å². The minimum absolute atomic E-state index is 0.0309. The van der Waals surface area contributed by atoms with Crippen molar-refractivity contribution >= 4 is 33.3 Å². The summed E-state index contributed by atoms with van der Waals surface area (Å²) in [5.74, 6) is 0.575. The van der Waals surface area contributed by atoms with Crippen molar-refractivity contribution in [2.24, 2.45) is 11.8 Å². The Bertz CT molecular complexity index is 970. The van der Waals surface area contributed by atoms with Gasteiger partial charge in [-0.2, -0.15) is 10.4 Å². The van der Waals surface area contributed by atoms with Crippen LogP contribution in [0.15, 0.2) is 30.6 Å². The van der Waals surface area contributed by atoms with Crippen LogP contribution >= 0.6 is 11.3 Å². The molecular formula is C19H19N5OS. The average Bonchev–Trinajstić information content (AvgIpc) is 3.39. The van der Waals surface area contributed by atoms with E-state index in [-0.39, 0.29) is 11.8 Å². The Morgan fingerprint density at radius 1 is 1.38 bits per heavy atom. The molecule has 3 aromatic rings. The molecule has 2 heterocycles. The van der Waals surface area contributed by atoms with Crippen molar-refractivity contribution in [3.63, 3.8) is 0 Å². The predicted octanol–water partition coefficient (Wildman–Crippen LogP) is 4.34. The number of rotatable bonds is 5. The van der Waals surface area contributed by atoms with Gasteiger partial charge >= 0.3 is 0 Å². The fourth-order valence-electron chi connectivity index (χ4n) is 3.69. The molecule has 2 N–H and O–H groups in total. The van der Waals surface area contributed by atoms with Gasteiger partial charge in [-0.05, 0) is 37.7 Å². The summed E-state index contributed by atoms with van der Waals surface area (Å²) in [6, 6.07) is 8.19. The number of aromatic nitrogens is 3. The average molecular weight is 365 g/mol. The summed E-state index contributed by atoms with van der Waals surface area (Å²) >= 11 is 1.48. The summed E-state index contributed by atoms with van der Waals surface area (Å²) in [5, 5.41) is 20.4. The maximum absolute atomic E-state index is 12.5. The number of anilines is 1. The Balaban J connectivity index is 1.43. The Morgan fingerprint density at radius 3 is 3.19 bits per heavy atom. The molecule has 1 amide bonds. The minimum atomic E-state index is 0.0309. The number of thiazole rings is 1. The van der Waals surface area contributed by atoms with Gasteiger partial charge in [0, 0.05) is 29.5 Å². The van der Waals surface area contributed by atoms with Crippen LogP contribution in [0.4, 0.5) is 5.13 Å². The SMILES string of the molecule is N#CCCC1CC[C@H](C(=O)Nc2ncc(-c3cccc4[nH]ncc34)s2)C1. The van der Waals surface area contributed by atoms with Crippen LogP contribution < -0.4 is 5.32 Å². The Hall–Kier alpha value is -2.72. The third-order valence-electron chi connectivity index (χ3n) is 5.06. The molecule has 0 spiro atoms. The fourth-order valence-corrected chi connectivity index (χ4v) is 4.55. The van der Waals surface area contributed by atoms with E-state index in [4.69, 9.17) is 5.26 Å². The molecule has 2 atom stereocenters. The third-order valence-corrected chi connectivity index (χ3v) is 6.01. The zero-order valence-corrected chi connectivity index (χ0v) is 15.1. The number of amides is 1. The third kappa shape index (κ3) is 3.33. The molecule has 132 valence electrons. The number of carbonyl (C=O) groups is 1. The van der Waals surface area contributed by atoms with Gasteiger partial charge in [0.25, 0.3) is 0 Å². The highest BCUT2D eigenvalue weighted by atomic mass is 32.1. The van der Waals surface area contributed by atoms with Crippen LogP contribution in [-0.4, -0.2) is 21.1 Å². The second kappa shape index (κ2) is 7.26. The van der Waals surface area contributed by atoms with Crippen LogP contribution in [0, 0.1) is 23.2 Å². The molecule has 0 saturated heterocycles. The molecule has 2 aromatic heterocycles. The number of nitrogens with one attached hydrogen (secondary N) is 2. The standard InChI is InChI=1S/C19H19N5OS/c20-8-2-3-12-6-7-13(9-12)18(25)23-19-21-11-17(26-19)14-4-1-5-16-15(14)10-22-24-16/h1,4-5,10-13H,2-3,6-7,9H2,(H,22,24)(H,21,23,25)/t12?,13-/m0/s1. The largest absolute Gasteiger partial charge is 0.302 e. The van der Waals surface area contributed by atoms with E-state index in [1.165, 1.54) is 11.3 Å². The molecule has 1 aromatic carbocycles. The van der Waals surface area contributed by atoms with E-state index in [1.807, 2.05) is 24.4 Å². The number of hydrogen-bond acceptors (Lipinski definition) is 5. The van der Waals surface area contributed by atoms with Gasteiger partial charge in [-0.3, -0.25) is 9.89 Å². The number of hydrogen-bond donors (Lipinski definition) is 2. The first-order valence-corrected chi connectivity index (χ1v) is 9.62. The normalized spacial score (nSPS) is 19.5. The highest BCUT2D eigenvalue weighted by Crippen LogP contribution is 2.36. The van der Waals surface area contributed by atoms with Crippen molar-refractivity contribution in [1.82, 2.24) is 15.2 Å². The molecule has 1 saturated carbocycles. The monoisotopic (exact) mass is 365 g/mol. The number of fused-ring (bicyclic) bond motifs is 1. The van der Waals surface area contributed by atoms with E-state index in [9.17, 15) is 4.79 Å². The van der Waals surface area contributed by atoms with Gasteiger partial charge < -0.3 is 5.32 Å². The molecule has 0 aliphatic heterocycles. The van der Waals surface area contributed by atoms with Crippen molar-refractivity contribution < 1.29 is 4.79 Å². The first-order valence-electron chi connectivity index (χ1n) is 8.80. The smallest absolute Gasteiger partial charge is 0.229 e. The van der Waals surface area contributed by atoms with Gasteiger partial charge in [0.15, 0.2) is 5.13 Å². The molecule has 1 unspecified atom stereocenters. The number of benzene rings is 1. The van der Waals surface area contributed by atoms with Crippen LogP contribution in [0.2, 0.25) is 0 Å². The molecule has 7 heteroatoms. The summed E-state index contributed by atoms with van der Waals surface area (Å²) < 4.78 is 0. The van der Waals surface area contributed by atoms with Crippen molar-refractivity contribution in [2.45, 2.75) is 32.1 Å². The first kappa shape index (κ1) is 16.7. The van der Waals surface area contributed by atoms with Crippen molar-refractivity contribution in [3.05, 3.63) is 30.6 Å². The lowest BCUT2D eigenvalue weighted by atomic mass is 10.00. The van der Waals surface area contributed by atoms with E-state index in [2.05, 4.69) is 26.6 Å². The number of H-pyrrole nitrogens is 1. The Kier molecular flexibility index (Phi) is 4.67. The maximum Gasteiger partial charge on any atom is 0.229 e. The zero-order valence-electron chi connectivity index (χ0n) is 14.2. The summed E-state index contributed by atoms with van der Waals surface area (Å²) in [6.45, 7) is 0. The van der Waals surface area contributed by atoms with E-state index in [1.54, 1.807) is 6.20 Å². The van der Waals surface area contributed by atoms with E-state index in [0.29, 0.717) is 17.5 Å². The van der Waals surface area contributed by atoms with Gasteiger partial charge in [0.2, 0.25) is 5.91 Å². The lowest BCUT2D eigenvalue weighted by Crippen LogP contribution is -2.20. The fraction of sp³-hybridized carbons (Fsp3) is 0.368.